The molecule has 0 amide bonds. The lowest BCUT2D eigenvalue weighted by molar-refractivity contribution is 0.594. The zero-order valence-corrected chi connectivity index (χ0v) is 11.4. The van der Waals surface area contributed by atoms with Crippen molar-refractivity contribution >= 4 is 9.84 Å². The Kier molecular flexibility index (Phi) is 4.16. The predicted molar refractivity (Wildman–Crippen MR) is 73.9 cm³/mol. The molecule has 0 aliphatic rings. The zero-order valence-electron chi connectivity index (χ0n) is 10.6. The highest BCUT2D eigenvalue weighted by Crippen LogP contribution is 2.14. The summed E-state index contributed by atoms with van der Waals surface area (Å²) in [4.78, 5) is 0. The van der Waals surface area contributed by atoms with E-state index in [0.29, 0.717) is 16.7 Å². The molecule has 2 aromatic carbocycles. The van der Waals surface area contributed by atoms with Gasteiger partial charge in [0.1, 0.15) is 5.82 Å². The Bertz CT molecular complexity index is 746. The molecule has 3 nitrogen and oxygen atoms in total. The van der Waals surface area contributed by atoms with Crippen LogP contribution in [0.25, 0.3) is 0 Å². The van der Waals surface area contributed by atoms with E-state index in [9.17, 15) is 12.8 Å². The van der Waals surface area contributed by atoms with Crippen molar-refractivity contribution in [3.8, 4) is 6.07 Å². The molecule has 0 aliphatic heterocycles. The number of hydrogen-bond acceptors (Lipinski definition) is 3. The van der Waals surface area contributed by atoms with E-state index in [1.807, 2.05) is 6.07 Å². The second kappa shape index (κ2) is 5.85. The Labute approximate surface area is 117 Å². The molecule has 0 radical (unpaired) electrons. The topological polar surface area (TPSA) is 57.9 Å². The standard InChI is InChI=1S/C15H12FNO2S/c16-15-6-4-12(5-7-15)10-20(18,19)11-14-3-1-2-13(8-14)9-17/h1-8H,10-11H2. The van der Waals surface area contributed by atoms with Crippen LogP contribution < -0.4 is 0 Å². The Morgan fingerprint density at radius 2 is 1.65 bits per heavy atom. The third-order valence-electron chi connectivity index (χ3n) is 2.74. The summed E-state index contributed by atoms with van der Waals surface area (Å²) in [6, 6.07) is 13.9. The van der Waals surface area contributed by atoms with Crippen LogP contribution in [0.2, 0.25) is 0 Å². The van der Waals surface area contributed by atoms with Crippen molar-refractivity contribution in [3.05, 3.63) is 71.0 Å². The lowest BCUT2D eigenvalue weighted by atomic mass is 10.2. The van der Waals surface area contributed by atoms with Gasteiger partial charge in [0.05, 0.1) is 23.1 Å². The van der Waals surface area contributed by atoms with Gasteiger partial charge < -0.3 is 0 Å². The molecule has 0 heterocycles. The van der Waals surface area contributed by atoms with Crippen molar-refractivity contribution in [1.82, 2.24) is 0 Å². The molecule has 0 aromatic heterocycles. The molecule has 0 saturated heterocycles. The number of hydrogen-bond donors (Lipinski definition) is 0. The van der Waals surface area contributed by atoms with Gasteiger partial charge in [0, 0.05) is 0 Å². The fraction of sp³-hybridized carbons (Fsp3) is 0.133. The highest BCUT2D eigenvalue weighted by molar-refractivity contribution is 7.89. The molecule has 5 heteroatoms. The SMILES string of the molecule is N#Cc1cccc(CS(=O)(=O)Cc2ccc(F)cc2)c1. The van der Waals surface area contributed by atoms with Gasteiger partial charge in [-0.3, -0.25) is 0 Å². The van der Waals surface area contributed by atoms with Crippen molar-refractivity contribution in [3.63, 3.8) is 0 Å². The third kappa shape index (κ3) is 3.90. The second-order valence-corrected chi connectivity index (χ2v) is 6.54. The van der Waals surface area contributed by atoms with Crippen molar-refractivity contribution in [2.45, 2.75) is 11.5 Å². The fourth-order valence-electron chi connectivity index (χ4n) is 1.87. The van der Waals surface area contributed by atoms with Gasteiger partial charge in [-0.25, -0.2) is 12.8 Å². The highest BCUT2D eigenvalue weighted by Gasteiger charge is 2.13. The Hall–Kier alpha value is -2.19. The molecular weight excluding hydrogens is 277 g/mol. The van der Waals surface area contributed by atoms with Crippen molar-refractivity contribution < 1.29 is 12.8 Å². The minimum atomic E-state index is -3.36. The Morgan fingerprint density at radius 3 is 2.30 bits per heavy atom. The van der Waals surface area contributed by atoms with Gasteiger partial charge in [0.2, 0.25) is 0 Å². The van der Waals surface area contributed by atoms with E-state index in [1.54, 1.807) is 24.3 Å². The normalized spacial score (nSPS) is 11.0. The minimum absolute atomic E-state index is 0.139. The van der Waals surface area contributed by atoms with Gasteiger partial charge in [-0.2, -0.15) is 5.26 Å². The summed E-state index contributed by atoms with van der Waals surface area (Å²) in [6.45, 7) is 0. The maximum atomic E-state index is 12.8. The quantitative estimate of drug-likeness (QED) is 0.869. The van der Waals surface area contributed by atoms with E-state index < -0.39 is 15.7 Å². The van der Waals surface area contributed by atoms with Crippen molar-refractivity contribution in [2.24, 2.45) is 0 Å². The lowest BCUT2D eigenvalue weighted by Crippen LogP contribution is -2.07. The average molecular weight is 289 g/mol. The van der Waals surface area contributed by atoms with Crippen LogP contribution in [-0.4, -0.2) is 8.42 Å². The van der Waals surface area contributed by atoms with Crippen LogP contribution in [0.1, 0.15) is 16.7 Å². The first-order valence-electron chi connectivity index (χ1n) is 5.92. The average Bonchev–Trinajstić information content (AvgIpc) is 2.41. The number of rotatable bonds is 4. The van der Waals surface area contributed by atoms with E-state index in [0.717, 1.165) is 0 Å². The fourth-order valence-corrected chi connectivity index (χ4v) is 3.36. The van der Waals surface area contributed by atoms with Crippen LogP contribution >= 0.6 is 0 Å². The van der Waals surface area contributed by atoms with Gasteiger partial charge in [-0.05, 0) is 35.4 Å². The number of halogens is 1. The predicted octanol–water partition coefficient (Wildman–Crippen LogP) is 2.81. The van der Waals surface area contributed by atoms with Crippen LogP contribution in [0.15, 0.2) is 48.5 Å². The van der Waals surface area contributed by atoms with E-state index in [1.165, 1.54) is 24.3 Å². The Balaban J connectivity index is 2.15. The number of benzene rings is 2. The van der Waals surface area contributed by atoms with Gasteiger partial charge in [0.25, 0.3) is 0 Å². The molecule has 102 valence electrons. The molecule has 0 fully saturated rings. The molecule has 0 aliphatic carbocycles. The van der Waals surface area contributed by atoms with Crippen LogP contribution in [0.4, 0.5) is 4.39 Å². The first-order valence-corrected chi connectivity index (χ1v) is 7.74. The van der Waals surface area contributed by atoms with Crippen LogP contribution in [0.5, 0.6) is 0 Å². The molecule has 20 heavy (non-hydrogen) atoms. The monoisotopic (exact) mass is 289 g/mol. The summed E-state index contributed by atoms with van der Waals surface area (Å²) in [7, 11) is -3.36. The molecule has 0 bridgehead atoms. The molecule has 0 unspecified atom stereocenters. The van der Waals surface area contributed by atoms with E-state index in [4.69, 9.17) is 5.26 Å². The minimum Gasteiger partial charge on any atom is -0.228 e. The van der Waals surface area contributed by atoms with Crippen molar-refractivity contribution in [1.29, 1.82) is 5.26 Å². The molecule has 0 N–H and O–H groups in total. The molecule has 0 saturated carbocycles. The first-order chi connectivity index (χ1) is 9.48. The van der Waals surface area contributed by atoms with E-state index >= 15 is 0 Å². The molecule has 2 rings (SSSR count). The third-order valence-corrected chi connectivity index (χ3v) is 4.29. The van der Waals surface area contributed by atoms with E-state index in [2.05, 4.69) is 0 Å². The second-order valence-electron chi connectivity index (χ2n) is 4.47. The maximum absolute atomic E-state index is 12.8. The lowest BCUT2D eigenvalue weighted by Gasteiger charge is -2.05. The summed E-state index contributed by atoms with van der Waals surface area (Å²) in [5, 5.41) is 8.79. The summed E-state index contributed by atoms with van der Waals surface area (Å²) >= 11 is 0. The number of nitriles is 1. The smallest absolute Gasteiger partial charge is 0.158 e. The largest absolute Gasteiger partial charge is 0.228 e. The van der Waals surface area contributed by atoms with Crippen LogP contribution in [0, 0.1) is 17.1 Å². The van der Waals surface area contributed by atoms with Crippen LogP contribution in [-0.2, 0) is 21.3 Å². The summed E-state index contributed by atoms with van der Waals surface area (Å²) < 4.78 is 36.9. The van der Waals surface area contributed by atoms with Gasteiger partial charge >= 0.3 is 0 Å². The summed E-state index contributed by atoms with van der Waals surface area (Å²) in [5.74, 6) is -0.683. The summed E-state index contributed by atoms with van der Waals surface area (Å²) in [5.41, 5.74) is 1.55. The number of sulfone groups is 1. The molecule has 2 aromatic rings. The highest BCUT2D eigenvalue weighted by atomic mass is 32.2. The van der Waals surface area contributed by atoms with E-state index in [-0.39, 0.29) is 11.5 Å². The Morgan fingerprint density at radius 1 is 1.00 bits per heavy atom. The molecule has 0 atom stereocenters. The van der Waals surface area contributed by atoms with Crippen LogP contribution in [0.3, 0.4) is 0 Å². The van der Waals surface area contributed by atoms with Crippen molar-refractivity contribution in [2.75, 3.05) is 0 Å². The molecular formula is C15H12FNO2S. The van der Waals surface area contributed by atoms with Gasteiger partial charge in [-0.15, -0.1) is 0 Å². The maximum Gasteiger partial charge on any atom is 0.158 e. The first kappa shape index (κ1) is 14.2. The van der Waals surface area contributed by atoms with Gasteiger partial charge in [-0.1, -0.05) is 24.3 Å². The number of nitrogens with zero attached hydrogens (tertiary/aromatic N) is 1. The zero-order chi connectivity index (χ0) is 14.6. The molecule has 0 spiro atoms. The van der Waals surface area contributed by atoms with Gasteiger partial charge in [0.15, 0.2) is 9.84 Å². The summed E-state index contributed by atoms with van der Waals surface area (Å²) in [6.07, 6.45) is 0.